The van der Waals surface area contributed by atoms with Crippen molar-refractivity contribution in [2.45, 2.75) is 32.6 Å². The molecule has 0 spiro atoms. The Labute approximate surface area is 163 Å². The number of benzene rings is 2. The van der Waals surface area contributed by atoms with Crippen LogP contribution in [-0.4, -0.2) is 38.0 Å². The second-order valence-corrected chi connectivity index (χ2v) is 7.20. The molecule has 1 N–H and O–H groups in total. The molecular formula is C21H23FN2O4. The molecule has 148 valence electrons. The third-order valence-corrected chi connectivity index (χ3v) is 4.86. The Hall–Kier alpha value is -2.80. The van der Waals surface area contributed by atoms with Crippen molar-refractivity contribution in [1.82, 2.24) is 5.32 Å². The van der Waals surface area contributed by atoms with Gasteiger partial charge in [-0.15, -0.1) is 0 Å². The molecule has 1 amide bonds. The zero-order chi connectivity index (χ0) is 19.7. The van der Waals surface area contributed by atoms with E-state index >= 15 is 0 Å². The SMILES string of the molecule is CC1CN(c2ccc(CNC(=O)c3ccc4c(c3)OCO4)cc2F)CC(C)O1. The van der Waals surface area contributed by atoms with E-state index in [1.165, 1.54) is 6.07 Å². The molecule has 6 nitrogen and oxygen atoms in total. The zero-order valence-electron chi connectivity index (χ0n) is 15.9. The fourth-order valence-electron chi connectivity index (χ4n) is 3.61. The standard InChI is InChI=1S/C21H23FN2O4/c1-13-10-24(11-14(2)28-13)18-5-3-15(7-17(18)22)9-23-21(25)16-4-6-19-20(8-16)27-12-26-19/h3-8,13-14H,9-12H2,1-2H3,(H,23,25). The van der Waals surface area contributed by atoms with Gasteiger partial charge in [-0.3, -0.25) is 4.79 Å². The van der Waals surface area contributed by atoms with E-state index in [1.807, 2.05) is 24.8 Å². The molecule has 2 aromatic rings. The maximum atomic E-state index is 14.7. The first-order valence-corrected chi connectivity index (χ1v) is 9.36. The monoisotopic (exact) mass is 386 g/mol. The number of rotatable bonds is 4. The van der Waals surface area contributed by atoms with Gasteiger partial charge in [-0.2, -0.15) is 0 Å². The van der Waals surface area contributed by atoms with Crippen LogP contribution in [0, 0.1) is 5.82 Å². The third kappa shape index (κ3) is 3.89. The molecule has 0 radical (unpaired) electrons. The van der Waals surface area contributed by atoms with Crippen LogP contribution in [0.1, 0.15) is 29.8 Å². The van der Waals surface area contributed by atoms with Gasteiger partial charge < -0.3 is 24.4 Å². The average Bonchev–Trinajstić information content (AvgIpc) is 3.13. The van der Waals surface area contributed by atoms with E-state index in [9.17, 15) is 9.18 Å². The summed E-state index contributed by atoms with van der Waals surface area (Å²) in [4.78, 5) is 14.4. The Morgan fingerprint density at radius 2 is 1.86 bits per heavy atom. The number of hydrogen-bond donors (Lipinski definition) is 1. The van der Waals surface area contributed by atoms with Gasteiger partial charge in [-0.25, -0.2) is 4.39 Å². The van der Waals surface area contributed by atoms with Crippen LogP contribution < -0.4 is 19.7 Å². The lowest BCUT2D eigenvalue weighted by Gasteiger charge is -2.37. The first-order valence-electron chi connectivity index (χ1n) is 9.36. The van der Waals surface area contributed by atoms with E-state index in [0.717, 1.165) is 0 Å². The molecule has 0 aromatic heterocycles. The van der Waals surface area contributed by atoms with Crippen LogP contribution in [0.15, 0.2) is 36.4 Å². The summed E-state index contributed by atoms with van der Waals surface area (Å²) in [6.45, 7) is 5.68. The minimum absolute atomic E-state index is 0.0591. The van der Waals surface area contributed by atoms with E-state index in [1.54, 1.807) is 24.3 Å². The van der Waals surface area contributed by atoms with Crippen LogP contribution in [0.3, 0.4) is 0 Å². The number of morpholine rings is 1. The van der Waals surface area contributed by atoms with E-state index in [0.29, 0.717) is 41.4 Å². The molecule has 2 unspecified atom stereocenters. The maximum Gasteiger partial charge on any atom is 0.251 e. The predicted octanol–water partition coefficient (Wildman–Crippen LogP) is 3.10. The highest BCUT2D eigenvalue weighted by molar-refractivity contribution is 5.94. The minimum atomic E-state index is -0.295. The van der Waals surface area contributed by atoms with Crippen molar-refractivity contribution in [3.05, 3.63) is 53.3 Å². The van der Waals surface area contributed by atoms with E-state index < -0.39 is 0 Å². The lowest BCUT2D eigenvalue weighted by Crippen LogP contribution is -2.45. The Balaban J connectivity index is 1.40. The van der Waals surface area contributed by atoms with Crippen molar-refractivity contribution >= 4 is 11.6 Å². The van der Waals surface area contributed by atoms with Gasteiger partial charge in [0.1, 0.15) is 5.82 Å². The number of anilines is 1. The molecule has 2 aromatic carbocycles. The van der Waals surface area contributed by atoms with Crippen molar-refractivity contribution in [2.24, 2.45) is 0 Å². The molecule has 0 saturated carbocycles. The van der Waals surface area contributed by atoms with E-state index in [-0.39, 0.29) is 37.3 Å². The summed E-state index contributed by atoms with van der Waals surface area (Å²) < 4.78 is 30.9. The van der Waals surface area contributed by atoms with E-state index in [2.05, 4.69) is 5.32 Å². The van der Waals surface area contributed by atoms with Crippen molar-refractivity contribution in [3.63, 3.8) is 0 Å². The number of carbonyl (C=O) groups excluding carboxylic acids is 1. The highest BCUT2D eigenvalue weighted by Gasteiger charge is 2.24. The Morgan fingerprint density at radius 1 is 1.11 bits per heavy atom. The Bertz CT molecular complexity index is 879. The molecule has 2 heterocycles. The van der Waals surface area contributed by atoms with Gasteiger partial charge >= 0.3 is 0 Å². The third-order valence-electron chi connectivity index (χ3n) is 4.86. The van der Waals surface area contributed by atoms with Crippen molar-refractivity contribution in [3.8, 4) is 11.5 Å². The number of nitrogens with zero attached hydrogens (tertiary/aromatic N) is 1. The number of fused-ring (bicyclic) bond motifs is 1. The summed E-state index contributed by atoms with van der Waals surface area (Å²) in [5.74, 6) is 0.632. The van der Waals surface area contributed by atoms with Crippen LogP contribution in [0.5, 0.6) is 11.5 Å². The maximum absolute atomic E-state index is 14.7. The second kappa shape index (κ2) is 7.67. The summed E-state index contributed by atoms with van der Waals surface area (Å²) >= 11 is 0. The molecule has 0 bridgehead atoms. The van der Waals surface area contributed by atoms with Gasteiger partial charge in [0.25, 0.3) is 5.91 Å². The van der Waals surface area contributed by atoms with Crippen LogP contribution in [0.25, 0.3) is 0 Å². The van der Waals surface area contributed by atoms with Crippen molar-refractivity contribution < 1.29 is 23.4 Å². The molecule has 2 atom stereocenters. The predicted molar refractivity (Wildman–Crippen MR) is 102 cm³/mol. The molecule has 0 aliphatic carbocycles. The normalized spacial score (nSPS) is 20.9. The Kier molecular flexibility index (Phi) is 5.09. The Morgan fingerprint density at radius 3 is 2.61 bits per heavy atom. The largest absolute Gasteiger partial charge is 0.454 e. The van der Waals surface area contributed by atoms with Gasteiger partial charge in [-0.1, -0.05) is 6.07 Å². The molecule has 4 rings (SSSR count). The summed E-state index contributed by atoms with van der Waals surface area (Å²) in [6, 6.07) is 10.1. The minimum Gasteiger partial charge on any atom is -0.454 e. The first-order chi connectivity index (χ1) is 13.5. The fourth-order valence-corrected chi connectivity index (χ4v) is 3.61. The van der Waals surface area contributed by atoms with Gasteiger partial charge in [-0.05, 0) is 49.7 Å². The number of ether oxygens (including phenoxy) is 3. The molecule has 28 heavy (non-hydrogen) atoms. The number of carbonyl (C=O) groups is 1. The van der Waals surface area contributed by atoms with Gasteiger partial charge in [0, 0.05) is 25.2 Å². The van der Waals surface area contributed by atoms with Crippen molar-refractivity contribution in [2.75, 3.05) is 24.8 Å². The number of hydrogen-bond acceptors (Lipinski definition) is 5. The summed E-state index contributed by atoms with van der Waals surface area (Å²) in [6.07, 6.45) is 0.118. The number of halogens is 1. The van der Waals surface area contributed by atoms with Gasteiger partial charge in [0.15, 0.2) is 11.5 Å². The number of amides is 1. The quantitative estimate of drug-likeness (QED) is 0.875. The van der Waals surface area contributed by atoms with E-state index in [4.69, 9.17) is 14.2 Å². The van der Waals surface area contributed by atoms with Crippen LogP contribution in [0.2, 0.25) is 0 Å². The lowest BCUT2D eigenvalue weighted by molar-refractivity contribution is -0.00539. The molecule has 7 heteroatoms. The molecule has 2 aliphatic rings. The first kappa shape index (κ1) is 18.6. The molecule has 1 fully saturated rings. The topological polar surface area (TPSA) is 60.0 Å². The lowest BCUT2D eigenvalue weighted by atomic mass is 10.1. The molecule has 1 saturated heterocycles. The average molecular weight is 386 g/mol. The zero-order valence-corrected chi connectivity index (χ0v) is 15.9. The fraction of sp³-hybridized carbons (Fsp3) is 0.381. The van der Waals surface area contributed by atoms with Crippen molar-refractivity contribution in [1.29, 1.82) is 0 Å². The summed E-state index contributed by atoms with van der Waals surface area (Å²) in [5.41, 5.74) is 1.73. The molecular weight excluding hydrogens is 363 g/mol. The highest BCUT2D eigenvalue weighted by Crippen LogP contribution is 2.32. The smallest absolute Gasteiger partial charge is 0.251 e. The summed E-state index contributed by atoms with van der Waals surface area (Å²) in [7, 11) is 0. The second-order valence-electron chi connectivity index (χ2n) is 7.20. The van der Waals surface area contributed by atoms with Crippen LogP contribution in [0.4, 0.5) is 10.1 Å². The van der Waals surface area contributed by atoms with Gasteiger partial charge in [0.05, 0.1) is 17.9 Å². The van der Waals surface area contributed by atoms with Crippen LogP contribution in [-0.2, 0) is 11.3 Å². The van der Waals surface area contributed by atoms with Crippen LogP contribution >= 0.6 is 0 Å². The summed E-state index contributed by atoms with van der Waals surface area (Å²) in [5, 5.41) is 2.81. The molecule has 2 aliphatic heterocycles. The number of nitrogens with one attached hydrogen (secondary N) is 1. The van der Waals surface area contributed by atoms with Gasteiger partial charge in [0.2, 0.25) is 6.79 Å². The highest BCUT2D eigenvalue weighted by atomic mass is 19.1.